The van der Waals surface area contributed by atoms with Crippen molar-refractivity contribution in [2.45, 2.75) is 65.5 Å². The topological polar surface area (TPSA) is 238 Å². The van der Waals surface area contributed by atoms with Crippen molar-refractivity contribution in [2.24, 2.45) is 17.8 Å². The molecule has 1 aromatic heterocycles. The maximum Gasteiger partial charge on any atom is 0.250 e. The van der Waals surface area contributed by atoms with Crippen LogP contribution in [0, 0.1) is 17.8 Å². The number of carbonyl (C=O) groups excluding carboxylic acids is 5. The van der Waals surface area contributed by atoms with Crippen molar-refractivity contribution in [2.75, 3.05) is 137 Å². The Balaban J connectivity index is 0.803. The van der Waals surface area contributed by atoms with E-state index in [4.69, 9.17) is 42.6 Å². The van der Waals surface area contributed by atoms with Crippen LogP contribution in [0.2, 0.25) is 0 Å². The Morgan fingerprint density at radius 2 is 1.18 bits per heavy atom. The number of nitrogens with one attached hydrogen (secondary N) is 3. The van der Waals surface area contributed by atoms with E-state index >= 15 is 0 Å². The number of likely N-dealkylation sites (tertiary alicyclic amines) is 1. The molecule has 376 valence electrons. The van der Waals surface area contributed by atoms with E-state index in [1.807, 2.05) is 24.3 Å². The second kappa shape index (κ2) is 33.9. The molecule has 1 aliphatic carbocycles. The van der Waals surface area contributed by atoms with E-state index in [1.165, 1.54) is 10.5 Å². The lowest BCUT2D eigenvalue weighted by molar-refractivity contribution is -0.140. The molecule has 0 spiro atoms. The molecule has 1 saturated carbocycles. The summed E-state index contributed by atoms with van der Waals surface area (Å²) >= 11 is 0. The molecule has 1 aliphatic heterocycles. The number of ether oxygens (including phenoxy) is 9. The van der Waals surface area contributed by atoms with Crippen LogP contribution < -0.4 is 16.0 Å². The molecule has 1 unspecified atom stereocenters. The van der Waals surface area contributed by atoms with Crippen molar-refractivity contribution in [1.82, 2.24) is 30.5 Å². The molecule has 0 radical (unpaired) electrons. The number of aryl methyl sites for hydroxylation is 1. The third-order valence-electron chi connectivity index (χ3n) is 10.9. The van der Waals surface area contributed by atoms with Crippen LogP contribution in [-0.4, -0.2) is 181 Å². The molecule has 2 fully saturated rings. The molecule has 67 heavy (non-hydrogen) atoms. The van der Waals surface area contributed by atoms with Gasteiger partial charge >= 0.3 is 0 Å². The number of carbonyl (C=O) groups is 5. The van der Waals surface area contributed by atoms with E-state index in [0.29, 0.717) is 150 Å². The minimum Gasteiger partial charge on any atom is -0.377 e. The maximum atomic E-state index is 12.8. The number of nitrogens with zero attached hydrogens (tertiary/aromatic N) is 4. The molecule has 1 aromatic carbocycles. The summed E-state index contributed by atoms with van der Waals surface area (Å²) in [7, 11) is 0. The molecule has 0 bridgehead atoms. The maximum absolute atomic E-state index is 12.8. The number of hydrogen-bond donors (Lipinski definition) is 3. The van der Waals surface area contributed by atoms with Crippen LogP contribution in [-0.2, 0) is 86.1 Å². The smallest absolute Gasteiger partial charge is 0.250 e. The Kier molecular flexibility index (Phi) is 27.9. The molecule has 1 saturated heterocycles. The van der Waals surface area contributed by atoms with Crippen molar-refractivity contribution in [1.29, 1.82) is 0 Å². The van der Waals surface area contributed by atoms with E-state index in [-0.39, 0.29) is 60.5 Å². The number of benzene rings is 1. The van der Waals surface area contributed by atoms with Gasteiger partial charge in [-0.2, -0.15) is 0 Å². The molecule has 21 nitrogen and oxygen atoms in total. The van der Waals surface area contributed by atoms with Crippen molar-refractivity contribution in [3.63, 3.8) is 0 Å². The lowest BCUT2D eigenvalue weighted by Gasteiger charge is -2.30. The van der Waals surface area contributed by atoms with Gasteiger partial charge in [0.05, 0.1) is 125 Å². The number of rotatable bonds is 38. The van der Waals surface area contributed by atoms with Crippen LogP contribution in [0.3, 0.4) is 0 Å². The van der Waals surface area contributed by atoms with Crippen molar-refractivity contribution < 1.29 is 66.6 Å². The number of hydrogen-bond acceptors (Lipinski definition) is 16. The first-order valence-electron chi connectivity index (χ1n) is 23.6. The van der Waals surface area contributed by atoms with Gasteiger partial charge in [0.15, 0.2) is 0 Å². The fourth-order valence-electron chi connectivity index (χ4n) is 7.13. The third kappa shape index (κ3) is 23.9. The van der Waals surface area contributed by atoms with Crippen LogP contribution in [0.4, 0.5) is 5.69 Å². The monoisotopic (exact) mass is 948 g/mol. The highest BCUT2D eigenvalue weighted by Crippen LogP contribution is 2.31. The van der Waals surface area contributed by atoms with Crippen LogP contribution in [0.1, 0.15) is 57.2 Å². The van der Waals surface area contributed by atoms with Gasteiger partial charge in [-0.15, -0.1) is 5.10 Å². The summed E-state index contributed by atoms with van der Waals surface area (Å²) in [6, 6.07) is 7.56. The molecule has 2 aliphatic rings. The summed E-state index contributed by atoms with van der Waals surface area (Å²) in [5, 5.41) is 16.6. The summed E-state index contributed by atoms with van der Waals surface area (Å²) in [5.74, 6) is -0.867. The predicted molar refractivity (Wildman–Crippen MR) is 243 cm³/mol. The largest absolute Gasteiger partial charge is 0.377 e. The molecule has 21 heteroatoms. The van der Waals surface area contributed by atoms with Gasteiger partial charge in [0.25, 0.3) is 0 Å². The zero-order valence-electron chi connectivity index (χ0n) is 39.4. The Hall–Kier alpha value is -4.45. The minimum absolute atomic E-state index is 0.00326. The fraction of sp³-hybridized carbons (Fsp3) is 0.717. The average Bonchev–Trinajstić information content (AvgIpc) is 3.89. The van der Waals surface area contributed by atoms with Gasteiger partial charge in [0.1, 0.15) is 18.9 Å². The van der Waals surface area contributed by atoms with Gasteiger partial charge in [-0.05, 0) is 55.7 Å². The van der Waals surface area contributed by atoms with Crippen molar-refractivity contribution >= 4 is 35.2 Å². The SMILES string of the molecule is CCc1ccc(NC(=O)COCC(=O)NCCOCCOCCOCCOCCOCCOCCOCCOCCn2cc(CNC(=O)C3CCC(CN4C(=O)CC(C)C4=O)CC3)nn2)cc1. The number of anilines is 1. The number of amides is 5. The summed E-state index contributed by atoms with van der Waals surface area (Å²) < 4.78 is 51.0. The molecule has 3 N–H and O–H groups in total. The standard InChI is InChI=1S/C46H73N7O14/c1-3-37-6-10-40(11-7-37)49-43(55)35-67-34-42(54)47-12-14-59-16-18-61-20-22-63-24-26-65-28-29-66-27-25-64-23-21-62-19-17-60-15-13-52-33-41(50-51-52)31-48-45(57)39-8-4-38(5-9-39)32-53-44(56)30-36(2)46(53)58/h6-7,10-11,33,36,38-39H,3-5,8-9,12-32,34-35H2,1-2H3,(H,47,54)(H,48,57)(H,49,55). The number of aromatic nitrogens is 3. The molecule has 5 amide bonds. The molecule has 1 atom stereocenters. The van der Waals surface area contributed by atoms with Gasteiger partial charge < -0.3 is 58.6 Å². The quantitative estimate of drug-likeness (QED) is 0.0640. The Bertz CT molecular complexity index is 1710. The average molecular weight is 948 g/mol. The Labute approximate surface area is 393 Å². The molecule has 4 rings (SSSR count). The summed E-state index contributed by atoms with van der Waals surface area (Å²) in [5.41, 5.74) is 2.53. The van der Waals surface area contributed by atoms with Gasteiger partial charge in [-0.3, -0.25) is 28.9 Å². The first kappa shape index (κ1) is 55.1. The lowest BCUT2D eigenvalue weighted by atomic mass is 9.81. The van der Waals surface area contributed by atoms with Crippen LogP contribution in [0.5, 0.6) is 0 Å². The van der Waals surface area contributed by atoms with Crippen LogP contribution in [0.15, 0.2) is 30.5 Å². The van der Waals surface area contributed by atoms with E-state index in [2.05, 4.69) is 33.2 Å². The fourth-order valence-corrected chi connectivity index (χ4v) is 7.13. The van der Waals surface area contributed by atoms with E-state index in [0.717, 1.165) is 32.1 Å². The first-order valence-corrected chi connectivity index (χ1v) is 23.6. The minimum atomic E-state index is -0.328. The summed E-state index contributed by atoms with van der Waals surface area (Å²) in [4.78, 5) is 62.4. The second-order valence-corrected chi connectivity index (χ2v) is 16.2. The molecule has 2 aromatic rings. The molecular weight excluding hydrogens is 875 g/mol. The third-order valence-corrected chi connectivity index (χ3v) is 10.9. The van der Waals surface area contributed by atoms with Gasteiger partial charge in [-0.1, -0.05) is 31.2 Å². The van der Waals surface area contributed by atoms with E-state index in [1.54, 1.807) is 17.8 Å². The van der Waals surface area contributed by atoms with Crippen molar-refractivity contribution in [3.8, 4) is 0 Å². The van der Waals surface area contributed by atoms with Crippen molar-refractivity contribution in [3.05, 3.63) is 41.7 Å². The van der Waals surface area contributed by atoms with Gasteiger partial charge in [0, 0.05) is 37.0 Å². The normalized spacial score (nSPS) is 17.3. The predicted octanol–water partition coefficient (Wildman–Crippen LogP) is 1.56. The highest BCUT2D eigenvalue weighted by atomic mass is 16.6. The second-order valence-electron chi connectivity index (χ2n) is 16.2. The molecule has 2 heterocycles. The zero-order chi connectivity index (χ0) is 47.7. The Morgan fingerprint density at radius 1 is 0.657 bits per heavy atom. The lowest BCUT2D eigenvalue weighted by Crippen LogP contribution is -2.38. The zero-order valence-corrected chi connectivity index (χ0v) is 39.4. The highest BCUT2D eigenvalue weighted by Gasteiger charge is 2.37. The van der Waals surface area contributed by atoms with Gasteiger partial charge in [-0.25, -0.2) is 4.68 Å². The number of imide groups is 1. The van der Waals surface area contributed by atoms with Crippen LogP contribution in [0.25, 0.3) is 0 Å². The first-order chi connectivity index (χ1) is 32.7. The van der Waals surface area contributed by atoms with Gasteiger partial charge in [0.2, 0.25) is 29.5 Å². The van der Waals surface area contributed by atoms with Crippen LogP contribution >= 0.6 is 0 Å². The molecular formula is C46H73N7O14. The van der Waals surface area contributed by atoms with E-state index in [9.17, 15) is 24.0 Å². The summed E-state index contributed by atoms with van der Waals surface area (Å²) in [6.07, 6.45) is 6.13. The Morgan fingerprint density at radius 3 is 1.70 bits per heavy atom. The van der Waals surface area contributed by atoms with E-state index < -0.39 is 0 Å². The summed E-state index contributed by atoms with van der Waals surface area (Å²) in [6.45, 7) is 11.9. The highest BCUT2D eigenvalue weighted by molar-refractivity contribution is 6.03.